The fraction of sp³-hybridized carbons (Fsp3) is 0.360. The van der Waals surface area contributed by atoms with Crippen molar-refractivity contribution in [3.63, 3.8) is 0 Å². The number of anilines is 1. The van der Waals surface area contributed by atoms with Crippen LogP contribution in [0.15, 0.2) is 36.8 Å². The highest BCUT2D eigenvalue weighted by molar-refractivity contribution is 5.92. The van der Waals surface area contributed by atoms with Crippen molar-refractivity contribution in [2.24, 2.45) is 5.92 Å². The Labute approximate surface area is 202 Å². The summed E-state index contributed by atoms with van der Waals surface area (Å²) in [5.41, 5.74) is 3.69. The molecule has 0 aliphatic carbocycles. The molecule has 35 heavy (non-hydrogen) atoms. The first kappa shape index (κ1) is 22.7. The number of fused-ring (bicyclic) bond motifs is 2. The predicted octanol–water partition coefficient (Wildman–Crippen LogP) is 3.92. The number of aromatic amines is 1. The molecule has 2 N–H and O–H groups in total. The molecule has 0 amide bonds. The van der Waals surface area contributed by atoms with E-state index in [1.165, 1.54) is 6.33 Å². The number of aromatic nitrogens is 5. The van der Waals surface area contributed by atoms with Crippen LogP contribution in [0.5, 0.6) is 11.5 Å². The van der Waals surface area contributed by atoms with Gasteiger partial charge in [-0.05, 0) is 29.7 Å². The van der Waals surface area contributed by atoms with Crippen LogP contribution in [0.25, 0.3) is 22.3 Å². The van der Waals surface area contributed by atoms with Crippen LogP contribution in [-0.4, -0.2) is 51.7 Å². The third kappa shape index (κ3) is 4.38. The first-order chi connectivity index (χ1) is 17.1. The minimum atomic E-state index is -0.0197. The van der Waals surface area contributed by atoms with E-state index in [1.807, 2.05) is 18.2 Å². The van der Waals surface area contributed by atoms with Crippen molar-refractivity contribution in [3.05, 3.63) is 48.0 Å². The number of H-pyrrole nitrogens is 1. The SMILES string of the molecule is COCCn1ncc(-c2cc3c(N[C@@H](c4ccc5c(c4)OCCO5)C(C)C)ncnc3[nH]2)c1C#N. The zero-order valence-corrected chi connectivity index (χ0v) is 19.9. The summed E-state index contributed by atoms with van der Waals surface area (Å²) in [6.07, 6.45) is 3.21. The van der Waals surface area contributed by atoms with Gasteiger partial charge in [-0.25, -0.2) is 9.97 Å². The van der Waals surface area contributed by atoms with Crippen molar-refractivity contribution in [2.45, 2.75) is 26.4 Å². The summed E-state index contributed by atoms with van der Waals surface area (Å²) in [6, 6.07) is 10.2. The smallest absolute Gasteiger partial charge is 0.161 e. The van der Waals surface area contributed by atoms with Crippen molar-refractivity contribution in [1.82, 2.24) is 24.7 Å². The molecule has 0 unspecified atom stereocenters. The van der Waals surface area contributed by atoms with Crippen LogP contribution in [0.3, 0.4) is 0 Å². The topological polar surface area (TPSA) is 123 Å². The monoisotopic (exact) mass is 473 g/mol. The largest absolute Gasteiger partial charge is 0.486 e. The van der Waals surface area contributed by atoms with Crippen molar-refractivity contribution in [2.75, 3.05) is 32.2 Å². The second-order valence-corrected chi connectivity index (χ2v) is 8.67. The molecule has 1 aliphatic rings. The molecule has 0 spiro atoms. The minimum Gasteiger partial charge on any atom is -0.486 e. The standard InChI is InChI=1S/C25H27N7O3/c1-15(2)23(16-4-5-21-22(10-16)35-9-8-34-21)31-25-17-11-19(30-24(17)27-14-28-25)18-13-29-32(6-7-33-3)20(18)12-26/h4-5,10-11,13-15,23H,6-9H2,1-3H3,(H2,27,28,30,31)/t23-/m1/s1. The number of ether oxygens (including phenoxy) is 3. The lowest BCUT2D eigenvalue weighted by Gasteiger charge is -2.26. The van der Waals surface area contributed by atoms with Crippen molar-refractivity contribution in [3.8, 4) is 28.8 Å². The van der Waals surface area contributed by atoms with Crippen LogP contribution in [0.1, 0.15) is 31.1 Å². The Morgan fingerprint density at radius 2 is 2.03 bits per heavy atom. The fourth-order valence-corrected chi connectivity index (χ4v) is 4.28. The van der Waals surface area contributed by atoms with Gasteiger partial charge in [0.2, 0.25) is 0 Å². The molecule has 0 saturated heterocycles. The third-order valence-electron chi connectivity index (χ3n) is 6.05. The number of nitrogens with one attached hydrogen (secondary N) is 2. The van der Waals surface area contributed by atoms with E-state index in [0.717, 1.165) is 28.1 Å². The molecule has 3 aromatic heterocycles. The summed E-state index contributed by atoms with van der Waals surface area (Å²) >= 11 is 0. The first-order valence-corrected chi connectivity index (χ1v) is 11.5. The van der Waals surface area contributed by atoms with Gasteiger partial charge in [0.1, 0.15) is 42.8 Å². The van der Waals surface area contributed by atoms with Gasteiger partial charge in [-0.2, -0.15) is 10.4 Å². The molecule has 4 heterocycles. The van der Waals surface area contributed by atoms with E-state index in [2.05, 4.69) is 51.4 Å². The Kier molecular flexibility index (Phi) is 6.25. The number of benzene rings is 1. The maximum absolute atomic E-state index is 9.74. The summed E-state index contributed by atoms with van der Waals surface area (Å²) in [7, 11) is 1.62. The summed E-state index contributed by atoms with van der Waals surface area (Å²) in [5, 5.41) is 18.5. The van der Waals surface area contributed by atoms with Crippen LogP contribution in [0.4, 0.5) is 5.82 Å². The molecule has 0 saturated carbocycles. The van der Waals surface area contributed by atoms with E-state index in [4.69, 9.17) is 14.2 Å². The lowest BCUT2D eigenvalue weighted by Crippen LogP contribution is -2.19. The van der Waals surface area contributed by atoms with E-state index in [-0.39, 0.29) is 12.0 Å². The number of nitrogens with zero attached hydrogens (tertiary/aromatic N) is 5. The molecule has 180 valence electrons. The molecule has 5 rings (SSSR count). The molecule has 1 aromatic carbocycles. The maximum atomic E-state index is 9.74. The van der Waals surface area contributed by atoms with Gasteiger partial charge in [0.15, 0.2) is 11.5 Å². The number of hydrogen-bond donors (Lipinski definition) is 2. The Morgan fingerprint density at radius 3 is 2.80 bits per heavy atom. The molecule has 0 bridgehead atoms. The first-order valence-electron chi connectivity index (χ1n) is 11.5. The highest BCUT2D eigenvalue weighted by Crippen LogP contribution is 2.37. The van der Waals surface area contributed by atoms with Crippen LogP contribution < -0.4 is 14.8 Å². The van der Waals surface area contributed by atoms with Crippen molar-refractivity contribution in [1.29, 1.82) is 5.26 Å². The van der Waals surface area contributed by atoms with Crippen molar-refractivity contribution >= 4 is 16.9 Å². The Bertz CT molecular complexity index is 1390. The second kappa shape index (κ2) is 9.64. The van der Waals surface area contributed by atoms with Crippen LogP contribution >= 0.6 is 0 Å². The molecule has 0 fully saturated rings. The summed E-state index contributed by atoms with van der Waals surface area (Å²) in [4.78, 5) is 12.3. The number of hydrogen-bond acceptors (Lipinski definition) is 8. The van der Waals surface area contributed by atoms with Gasteiger partial charge in [0.05, 0.1) is 42.0 Å². The van der Waals surface area contributed by atoms with Crippen LogP contribution in [0, 0.1) is 17.2 Å². The summed E-state index contributed by atoms with van der Waals surface area (Å²) in [6.45, 7) is 6.38. The summed E-state index contributed by atoms with van der Waals surface area (Å²) < 4.78 is 18.2. The van der Waals surface area contributed by atoms with E-state index >= 15 is 0 Å². The molecule has 1 atom stereocenters. The van der Waals surface area contributed by atoms with Crippen LogP contribution in [-0.2, 0) is 11.3 Å². The highest BCUT2D eigenvalue weighted by Gasteiger charge is 2.22. The van der Waals surface area contributed by atoms with Gasteiger partial charge < -0.3 is 24.5 Å². The van der Waals surface area contributed by atoms with E-state index in [1.54, 1.807) is 18.0 Å². The molecular formula is C25H27N7O3. The lowest BCUT2D eigenvalue weighted by atomic mass is 9.95. The van der Waals surface area contributed by atoms with Gasteiger partial charge in [-0.15, -0.1) is 0 Å². The third-order valence-corrected chi connectivity index (χ3v) is 6.05. The van der Waals surface area contributed by atoms with Gasteiger partial charge in [0, 0.05) is 7.11 Å². The number of rotatable bonds is 8. The van der Waals surface area contributed by atoms with E-state index in [0.29, 0.717) is 49.1 Å². The molecule has 0 radical (unpaired) electrons. The average molecular weight is 474 g/mol. The van der Waals surface area contributed by atoms with E-state index < -0.39 is 0 Å². The van der Waals surface area contributed by atoms with E-state index in [9.17, 15) is 5.26 Å². The van der Waals surface area contributed by atoms with Gasteiger partial charge >= 0.3 is 0 Å². The Balaban J connectivity index is 1.49. The zero-order valence-electron chi connectivity index (χ0n) is 19.9. The highest BCUT2D eigenvalue weighted by atomic mass is 16.6. The minimum absolute atomic E-state index is 0.0197. The maximum Gasteiger partial charge on any atom is 0.161 e. The fourth-order valence-electron chi connectivity index (χ4n) is 4.28. The van der Waals surface area contributed by atoms with Gasteiger partial charge in [-0.3, -0.25) is 4.68 Å². The molecule has 1 aliphatic heterocycles. The quantitative estimate of drug-likeness (QED) is 0.395. The normalized spacial score (nSPS) is 13.7. The van der Waals surface area contributed by atoms with Gasteiger partial charge in [-0.1, -0.05) is 19.9 Å². The summed E-state index contributed by atoms with van der Waals surface area (Å²) in [5.74, 6) is 2.50. The lowest BCUT2D eigenvalue weighted by molar-refractivity contribution is 0.171. The Morgan fingerprint density at radius 1 is 1.20 bits per heavy atom. The van der Waals surface area contributed by atoms with Crippen molar-refractivity contribution < 1.29 is 14.2 Å². The molecule has 4 aromatic rings. The molecule has 10 heteroatoms. The number of nitriles is 1. The second-order valence-electron chi connectivity index (χ2n) is 8.67. The Hall–Kier alpha value is -4.10. The molecule has 10 nitrogen and oxygen atoms in total. The van der Waals surface area contributed by atoms with Crippen LogP contribution in [0.2, 0.25) is 0 Å². The zero-order chi connectivity index (χ0) is 24.4. The predicted molar refractivity (Wildman–Crippen MR) is 130 cm³/mol. The number of methoxy groups -OCH3 is 1. The van der Waals surface area contributed by atoms with Gasteiger partial charge in [0.25, 0.3) is 0 Å². The average Bonchev–Trinajstić information content (AvgIpc) is 3.49. The molecular weight excluding hydrogens is 446 g/mol.